The number of hydrogen-bond donors (Lipinski definition) is 2. The maximum Gasteiger partial charge on any atom is 0.338 e. The molecule has 3 aromatic rings. The van der Waals surface area contributed by atoms with Gasteiger partial charge >= 0.3 is 5.97 Å². The number of hydrogen-bond acceptors (Lipinski definition) is 6. The maximum absolute atomic E-state index is 13.0. The zero-order chi connectivity index (χ0) is 20.1. The summed E-state index contributed by atoms with van der Waals surface area (Å²) in [5.74, 6) is -0.656. The number of H-pyrrole nitrogens is 1. The fraction of sp³-hybridized carbons (Fsp3) is 0.150. The Bertz CT molecular complexity index is 1040. The number of aromatic nitrogens is 1. The van der Waals surface area contributed by atoms with E-state index in [0.29, 0.717) is 16.9 Å². The molecule has 8 heteroatoms. The molecule has 1 unspecified atom stereocenters. The summed E-state index contributed by atoms with van der Waals surface area (Å²) in [4.78, 5) is 32.4. The van der Waals surface area contributed by atoms with E-state index in [-0.39, 0.29) is 0 Å². The summed E-state index contributed by atoms with van der Waals surface area (Å²) in [6.45, 7) is -0.424. The van der Waals surface area contributed by atoms with Crippen LogP contribution in [0.2, 0.25) is 0 Å². The molecule has 0 bridgehead atoms. The number of methoxy groups -OCH3 is 1. The van der Waals surface area contributed by atoms with Crippen molar-refractivity contribution in [1.82, 2.24) is 4.98 Å². The molecule has 2 N–H and O–H groups in total. The van der Waals surface area contributed by atoms with Gasteiger partial charge in [-0.15, -0.1) is 0 Å². The lowest BCUT2D eigenvalue weighted by Crippen LogP contribution is -2.29. The van der Waals surface area contributed by atoms with Gasteiger partial charge in [0, 0.05) is 28.9 Å². The van der Waals surface area contributed by atoms with E-state index in [1.54, 1.807) is 30.5 Å². The first-order valence-electron chi connectivity index (χ1n) is 8.29. The lowest BCUT2D eigenvalue weighted by Gasteiger charge is -2.09. The summed E-state index contributed by atoms with van der Waals surface area (Å²) in [7, 11) is 1.22. The van der Waals surface area contributed by atoms with E-state index < -0.39 is 24.6 Å². The van der Waals surface area contributed by atoms with Gasteiger partial charge in [0.05, 0.1) is 10.7 Å². The van der Waals surface area contributed by atoms with Gasteiger partial charge in [-0.1, -0.05) is 18.2 Å². The summed E-state index contributed by atoms with van der Waals surface area (Å²) in [5, 5.41) is 9.58. The molecule has 1 heterocycles. The predicted molar refractivity (Wildman–Crippen MR) is 113 cm³/mol. The number of benzene rings is 2. The molecule has 0 saturated carbocycles. The van der Waals surface area contributed by atoms with E-state index in [1.165, 1.54) is 13.3 Å². The van der Waals surface area contributed by atoms with E-state index in [0.717, 1.165) is 14.5 Å². The van der Waals surface area contributed by atoms with Crippen molar-refractivity contribution in [3.8, 4) is 5.75 Å². The van der Waals surface area contributed by atoms with Crippen molar-refractivity contribution >= 4 is 51.5 Å². The number of ether oxygens (including phenoxy) is 2. The number of ketones is 1. The largest absolute Gasteiger partial charge is 0.467 e. The van der Waals surface area contributed by atoms with Crippen LogP contribution >= 0.6 is 22.6 Å². The van der Waals surface area contributed by atoms with Gasteiger partial charge in [-0.25, -0.2) is 4.79 Å². The first kappa shape index (κ1) is 20.0. The number of Topliss-reactive ketones (excluding diaryl/α,β-unsaturated/α-hetero) is 1. The van der Waals surface area contributed by atoms with Crippen molar-refractivity contribution in [3.05, 3.63) is 63.4 Å². The van der Waals surface area contributed by atoms with Gasteiger partial charge in [0.1, 0.15) is 5.75 Å². The van der Waals surface area contributed by atoms with Crippen LogP contribution in [-0.2, 0) is 9.53 Å². The number of halogens is 1. The summed E-state index contributed by atoms with van der Waals surface area (Å²) < 4.78 is 10.6. The molecule has 1 aromatic heterocycles. The van der Waals surface area contributed by atoms with E-state index in [2.05, 4.69) is 32.6 Å². The summed E-state index contributed by atoms with van der Waals surface area (Å²) in [6, 6.07) is 11.2. The van der Waals surface area contributed by atoms with E-state index in [4.69, 9.17) is 14.6 Å². The standard InChI is InChI=1S/C20H17IN2O5/c1-27-20(26)18(19(25)14-10-22-16-5-3-2-4-13(14)16)23-9-12-6-7-17(28-11-24)15(21)8-12/h2-10,18,22,24H,11H2,1H3. The normalized spacial score (nSPS) is 12.2. The first-order chi connectivity index (χ1) is 13.5. The van der Waals surface area contributed by atoms with Gasteiger partial charge in [0.25, 0.3) is 0 Å². The molecule has 0 saturated heterocycles. The second-order valence-electron chi connectivity index (χ2n) is 5.78. The highest BCUT2D eigenvalue weighted by molar-refractivity contribution is 14.1. The van der Waals surface area contributed by atoms with Crippen molar-refractivity contribution in [2.75, 3.05) is 13.9 Å². The van der Waals surface area contributed by atoms with Crippen LogP contribution in [0.4, 0.5) is 0 Å². The van der Waals surface area contributed by atoms with Gasteiger partial charge in [0.15, 0.2) is 6.79 Å². The van der Waals surface area contributed by atoms with Crippen LogP contribution < -0.4 is 4.74 Å². The molecule has 0 aliphatic carbocycles. The molecule has 0 amide bonds. The van der Waals surface area contributed by atoms with Gasteiger partial charge < -0.3 is 19.6 Å². The third kappa shape index (κ3) is 4.23. The molecule has 0 fully saturated rings. The van der Waals surface area contributed by atoms with Crippen LogP contribution in [0.3, 0.4) is 0 Å². The number of carbonyl (C=O) groups excluding carboxylic acids is 2. The number of rotatable bonds is 7. The number of carbonyl (C=O) groups is 2. The van der Waals surface area contributed by atoms with Crippen molar-refractivity contribution in [2.24, 2.45) is 4.99 Å². The Kier molecular flexibility index (Phi) is 6.42. The van der Waals surface area contributed by atoms with E-state index in [1.807, 2.05) is 18.2 Å². The number of aliphatic imine (C=N–C) groups is 1. The average molecular weight is 492 g/mol. The highest BCUT2D eigenvalue weighted by Gasteiger charge is 2.29. The highest BCUT2D eigenvalue weighted by atomic mass is 127. The van der Waals surface area contributed by atoms with Crippen LogP contribution in [0.5, 0.6) is 5.75 Å². The molecule has 0 radical (unpaired) electrons. The number of aromatic amines is 1. The van der Waals surface area contributed by atoms with Gasteiger partial charge in [-0.3, -0.25) is 9.79 Å². The summed E-state index contributed by atoms with van der Waals surface area (Å²) in [6.07, 6.45) is 3.02. The molecule has 2 aromatic carbocycles. The van der Waals surface area contributed by atoms with E-state index >= 15 is 0 Å². The molecule has 7 nitrogen and oxygen atoms in total. The Morgan fingerprint density at radius 1 is 1.29 bits per heavy atom. The van der Waals surface area contributed by atoms with Gasteiger partial charge in [-0.2, -0.15) is 0 Å². The molecule has 0 spiro atoms. The Hall–Kier alpha value is -2.72. The Labute approximate surface area is 174 Å². The third-order valence-electron chi connectivity index (χ3n) is 4.08. The van der Waals surface area contributed by atoms with Crippen LogP contribution in [-0.4, -0.2) is 48.0 Å². The smallest absolute Gasteiger partial charge is 0.338 e. The van der Waals surface area contributed by atoms with Crippen molar-refractivity contribution < 1.29 is 24.2 Å². The van der Waals surface area contributed by atoms with Crippen molar-refractivity contribution in [2.45, 2.75) is 6.04 Å². The second kappa shape index (κ2) is 8.98. The third-order valence-corrected chi connectivity index (χ3v) is 4.92. The Morgan fingerprint density at radius 3 is 2.79 bits per heavy atom. The molecule has 28 heavy (non-hydrogen) atoms. The quantitative estimate of drug-likeness (QED) is 0.132. The van der Waals surface area contributed by atoms with Crippen LogP contribution in [0.1, 0.15) is 15.9 Å². The number of fused-ring (bicyclic) bond motifs is 1. The minimum atomic E-state index is -1.31. The number of aliphatic hydroxyl groups excluding tert-OH is 1. The number of aliphatic hydroxyl groups is 1. The number of nitrogens with zero attached hydrogens (tertiary/aromatic N) is 1. The lowest BCUT2D eigenvalue weighted by atomic mass is 10.0. The molecular formula is C20H17IN2O5. The minimum absolute atomic E-state index is 0.379. The molecule has 1 atom stereocenters. The second-order valence-corrected chi connectivity index (χ2v) is 6.94. The predicted octanol–water partition coefficient (Wildman–Crippen LogP) is 2.94. The molecule has 3 rings (SSSR count). The number of esters is 1. The van der Waals surface area contributed by atoms with Gasteiger partial charge in [-0.05, 0) is 52.4 Å². The maximum atomic E-state index is 13.0. The average Bonchev–Trinajstić information content (AvgIpc) is 3.14. The number of para-hydroxylation sites is 1. The molecule has 0 aliphatic rings. The van der Waals surface area contributed by atoms with Crippen LogP contribution in [0, 0.1) is 3.57 Å². The Balaban J connectivity index is 1.90. The zero-order valence-electron chi connectivity index (χ0n) is 14.9. The fourth-order valence-electron chi connectivity index (χ4n) is 2.71. The van der Waals surface area contributed by atoms with Crippen molar-refractivity contribution in [3.63, 3.8) is 0 Å². The monoisotopic (exact) mass is 492 g/mol. The summed E-state index contributed by atoms with van der Waals surface area (Å²) in [5.41, 5.74) is 1.85. The SMILES string of the molecule is COC(=O)C(N=Cc1ccc(OCO)c(I)c1)C(=O)c1c[nH]c2ccccc12. The fourth-order valence-corrected chi connectivity index (χ4v) is 3.41. The minimum Gasteiger partial charge on any atom is -0.467 e. The van der Waals surface area contributed by atoms with Crippen LogP contribution in [0.25, 0.3) is 10.9 Å². The van der Waals surface area contributed by atoms with Gasteiger partial charge in [0.2, 0.25) is 11.8 Å². The van der Waals surface area contributed by atoms with E-state index in [9.17, 15) is 9.59 Å². The molecule has 0 aliphatic heterocycles. The topological polar surface area (TPSA) is 101 Å². The molecule has 144 valence electrons. The summed E-state index contributed by atoms with van der Waals surface area (Å²) >= 11 is 2.06. The van der Waals surface area contributed by atoms with Crippen molar-refractivity contribution in [1.29, 1.82) is 0 Å². The number of nitrogens with one attached hydrogen (secondary N) is 1. The highest BCUT2D eigenvalue weighted by Crippen LogP contribution is 2.22. The lowest BCUT2D eigenvalue weighted by molar-refractivity contribution is -0.140. The molecular weight excluding hydrogens is 475 g/mol. The zero-order valence-corrected chi connectivity index (χ0v) is 17.0. The first-order valence-corrected chi connectivity index (χ1v) is 9.37. The van der Waals surface area contributed by atoms with Crippen LogP contribution in [0.15, 0.2) is 53.7 Å². The Morgan fingerprint density at radius 2 is 2.07 bits per heavy atom.